The Hall–Kier alpha value is -3.65. The average molecular weight is 706 g/mol. The summed E-state index contributed by atoms with van der Waals surface area (Å²) in [6.07, 6.45) is 0.850. The number of aliphatic carboxylic acids is 1. The number of anilines is 2. The number of rotatable bonds is 11. The number of piperidine rings is 1. The normalized spacial score (nSPS) is 14.6. The Morgan fingerprint density at radius 3 is 2.36 bits per heavy atom. The Morgan fingerprint density at radius 2 is 1.77 bits per heavy atom. The minimum absolute atomic E-state index is 0.0217. The number of carbonyl (C=O) groups is 3. The minimum atomic E-state index is -3.61. The first-order valence-electron chi connectivity index (χ1n) is 15.1. The molecule has 1 aliphatic rings. The molecule has 0 radical (unpaired) electrons. The average Bonchev–Trinajstić information content (AvgIpc) is 3.31. The summed E-state index contributed by atoms with van der Waals surface area (Å²) in [5.74, 6) is -2.66. The SMILES string of the molecule is CC(C)C(=O)N(c1cccc(-c2sc(C(=O)OC(C)(C)C)c(OCC(=O)O)c2Cl)c1)C1CCN(S(=O)(=O)Cc2cccc(N)c2)CC1. The lowest BCUT2D eigenvalue weighted by atomic mass is 10.0. The van der Waals surface area contributed by atoms with Crippen molar-refractivity contribution in [2.24, 2.45) is 5.92 Å². The van der Waals surface area contributed by atoms with Crippen molar-refractivity contribution in [2.75, 3.05) is 30.3 Å². The van der Waals surface area contributed by atoms with E-state index in [0.29, 0.717) is 40.2 Å². The quantitative estimate of drug-likeness (QED) is 0.179. The van der Waals surface area contributed by atoms with Crippen molar-refractivity contribution in [1.82, 2.24) is 4.31 Å². The van der Waals surface area contributed by atoms with Crippen LogP contribution in [0.15, 0.2) is 48.5 Å². The van der Waals surface area contributed by atoms with Crippen LogP contribution in [0.25, 0.3) is 10.4 Å². The maximum absolute atomic E-state index is 13.7. The second-order valence-electron chi connectivity index (χ2n) is 12.6. The number of ether oxygens (including phenoxy) is 2. The number of halogens is 1. The van der Waals surface area contributed by atoms with Gasteiger partial charge in [0.1, 0.15) is 10.6 Å². The fraction of sp³-hybridized carbons (Fsp3) is 0.424. The van der Waals surface area contributed by atoms with Gasteiger partial charge in [0.15, 0.2) is 17.2 Å². The minimum Gasteiger partial charge on any atom is -0.479 e. The number of thiophene rings is 1. The van der Waals surface area contributed by atoms with Crippen LogP contribution in [-0.2, 0) is 30.1 Å². The van der Waals surface area contributed by atoms with E-state index in [0.717, 1.165) is 11.3 Å². The molecule has 3 aromatic rings. The van der Waals surface area contributed by atoms with Crippen molar-refractivity contribution in [3.63, 3.8) is 0 Å². The standard InChI is InChI=1S/C33H40ClN3O8S2/c1-20(2)31(40)37(24-12-14-36(15-13-24)47(42,43)19-21-8-6-10-23(35)16-21)25-11-7-9-22(17-25)29-27(34)28(44-18-26(38)39)30(46-29)32(41)45-33(3,4)5/h6-11,16-17,20,24H,12-15,18-19,35H2,1-5H3,(H,38,39). The van der Waals surface area contributed by atoms with E-state index in [-0.39, 0.29) is 52.4 Å². The molecule has 1 fully saturated rings. The van der Waals surface area contributed by atoms with Gasteiger partial charge in [-0.3, -0.25) is 4.79 Å². The molecule has 1 amide bonds. The molecule has 11 nitrogen and oxygen atoms in total. The summed E-state index contributed by atoms with van der Waals surface area (Å²) in [7, 11) is -3.61. The van der Waals surface area contributed by atoms with Crippen LogP contribution in [0.4, 0.5) is 11.4 Å². The van der Waals surface area contributed by atoms with Gasteiger partial charge in [-0.25, -0.2) is 22.3 Å². The Morgan fingerprint density at radius 1 is 1.11 bits per heavy atom. The van der Waals surface area contributed by atoms with Crippen molar-refractivity contribution in [1.29, 1.82) is 0 Å². The number of sulfonamides is 1. The van der Waals surface area contributed by atoms with Crippen molar-refractivity contribution < 1.29 is 37.4 Å². The highest BCUT2D eigenvalue weighted by Gasteiger charge is 2.35. The van der Waals surface area contributed by atoms with E-state index in [1.165, 1.54) is 4.31 Å². The number of nitrogen functional groups attached to an aromatic ring is 1. The molecule has 1 aromatic heterocycles. The molecular formula is C33H40ClN3O8S2. The monoisotopic (exact) mass is 705 g/mol. The molecule has 3 N–H and O–H groups in total. The number of hydrogen-bond donors (Lipinski definition) is 2. The van der Waals surface area contributed by atoms with Gasteiger partial charge in [-0.2, -0.15) is 0 Å². The molecular weight excluding hydrogens is 666 g/mol. The lowest BCUT2D eigenvalue weighted by molar-refractivity contribution is -0.139. The maximum atomic E-state index is 13.7. The highest BCUT2D eigenvalue weighted by atomic mass is 35.5. The predicted molar refractivity (Wildman–Crippen MR) is 183 cm³/mol. The van der Waals surface area contributed by atoms with Gasteiger partial charge in [0.2, 0.25) is 15.9 Å². The molecule has 2 heterocycles. The van der Waals surface area contributed by atoms with Crippen LogP contribution in [0.3, 0.4) is 0 Å². The van der Waals surface area contributed by atoms with Gasteiger partial charge in [-0.15, -0.1) is 11.3 Å². The smallest absolute Gasteiger partial charge is 0.352 e. The second kappa shape index (κ2) is 14.6. The zero-order chi connectivity index (χ0) is 34.7. The molecule has 254 valence electrons. The molecule has 14 heteroatoms. The van der Waals surface area contributed by atoms with E-state index >= 15 is 0 Å². The molecule has 47 heavy (non-hydrogen) atoms. The van der Waals surface area contributed by atoms with Crippen LogP contribution in [0.1, 0.15) is 62.7 Å². The van der Waals surface area contributed by atoms with E-state index in [2.05, 4.69) is 0 Å². The predicted octanol–water partition coefficient (Wildman–Crippen LogP) is 6.05. The molecule has 0 unspecified atom stereocenters. The van der Waals surface area contributed by atoms with Gasteiger partial charge >= 0.3 is 11.9 Å². The van der Waals surface area contributed by atoms with E-state index in [1.807, 2.05) is 0 Å². The van der Waals surface area contributed by atoms with Gasteiger partial charge in [-0.05, 0) is 69.0 Å². The molecule has 1 aliphatic heterocycles. The summed E-state index contributed by atoms with van der Waals surface area (Å²) in [6.45, 7) is 8.52. The van der Waals surface area contributed by atoms with Crippen molar-refractivity contribution in [3.8, 4) is 16.2 Å². The molecule has 0 aliphatic carbocycles. The number of esters is 1. The number of carbonyl (C=O) groups excluding carboxylic acids is 2. The zero-order valence-electron chi connectivity index (χ0n) is 27.0. The van der Waals surface area contributed by atoms with E-state index < -0.39 is 34.2 Å². The highest BCUT2D eigenvalue weighted by Crippen LogP contribution is 2.47. The highest BCUT2D eigenvalue weighted by molar-refractivity contribution is 7.88. The van der Waals surface area contributed by atoms with Gasteiger partial charge in [-0.1, -0.05) is 49.7 Å². The molecule has 4 rings (SSSR count). The Balaban J connectivity index is 1.63. The van der Waals surface area contributed by atoms with Gasteiger partial charge < -0.3 is 25.2 Å². The van der Waals surface area contributed by atoms with E-state index in [4.69, 9.17) is 26.8 Å². The van der Waals surface area contributed by atoms with Crippen LogP contribution >= 0.6 is 22.9 Å². The first kappa shape index (κ1) is 36.2. The first-order valence-corrected chi connectivity index (χ1v) is 17.9. The van der Waals surface area contributed by atoms with E-state index in [1.54, 1.807) is 88.0 Å². The lowest BCUT2D eigenvalue weighted by Gasteiger charge is -2.39. The Kier molecular flexibility index (Phi) is 11.3. The zero-order valence-corrected chi connectivity index (χ0v) is 29.4. The topological polar surface area (TPSA) is 157 Å². The second-order valence-corrected chi connectivity index (χ2v) is 16.0. The van der Waals surface area contributed by atoms with Gasteiger partial charge in [0, 0.05) is 36.4 Å². The Bertz CT molecular complexity index is 1740. The van der Waals surface area contributed by atoms with Crippen molar-refractivity contribution in [3.05, 3.63) is 64.0 Å². The molecule has 0 atom stereocenters. The van der Waals surface area contributed by atoms with Crippen molar-refractivity contribution >= 4 is 62.2 Å². The summed E-state index contributed by atoms with van der Waals surface area (Å²) in [4.78, 5) is 40.2. The van der Waals surface area contributed by atoms with Gasteiger partial charge in [0.25, 0.3) is 0 Å². The number of hydrogen-bond acceptors (Lipinski definition) is 9. The summed E-state index contributed by atoms with van der Waals surface area (Å²) in [5, 5.41) is 9.25. The molecule has 0 saturated carbocycles. The number of carboxylic acids is 1. The first-order chi connectivity index (χ1) is 22.0. The fourth-order valence-electron chi connectivity index (χ4n) is 5.26. The van der Waals surface area contributed by atoms with Crippen LogP contribution in [0.5, 0.6) is 5.75 Å². The summed E-state index contributed by atoms with van der Waals surface area (Å²) < 4.78 is 38.9. The molecule has 0 bridgehead atoms. The number of benzene rings is 2. The molecule has 1 saturated heterocycles. The maximum Gasteiger partial charge on any atom is 0.352 e. The van der Waals surface area contributed by atoms with Crippen molar-refractivity contribution in [2.45, 2.75) is 64.9 Å². The summed E-state index contributed by atoms with van der Waals surface area (Å²) >= 11 is 7.72. The van der Waals surface area contributed by atoms with Crippen LogP contribution in [-0.4, -0.2) is 67.0 Å². The van der Waals surface area contributed by atoms with Gasteiger partial charge in [0.05, 0.1) is 10.6 Å². The number of nitrogens with zero attached hydrogens (tertiary/aromatic N) is 2. The third kappa shape index (κ3) is 9.04. The third-order valence-corrected chi connectivity index (χ3v) is 10.9. The number of amides is 1. The lowest BCUT2D eigenvalue weighted by Crippen LogP contribution is -2.50. The summed E-state index contributed by atoms with van der Waals surface area (Å²) in [5.41, 5.74) is 7.29. The fourth-order valence-corrected chi connectivity index (χ4v) is 8.25. The number of carboxylic acid groups (broad SMARTS) is 1. The largest absolute Gasteiger partial charge is 0.479 e. The van der Waals surface area contributed by atoms with Crippen LogP contribution in [0, 0.1) is 5.92 Å². The number of nitrogens with two attached hydrogens (primary N) is 1. The van der Waals surface area contributed by atoms with E-state index in [9.17, 15) is 27.9 Å². The van der Waals surface area contributed by atoms with Crippen LogP contribution in [0.2, 0.25) is 5.02 Å². The molecule has 2 aromatic carbocycles. The molecule has 0 spiro atoms. The van der Waals surface area contributed by atoms with Crippen LogP contribution < -0.4 is 15.4 Å². The Labute approximate surface area is 284 Å². The summed E-state index contributed by atoms with van der Waals surface area (Å²) in [6, 6.07) is 13.6. The third-order valence-electron chi connectivity index (χ3n) is 7.33.